The summed E-state index contributed by atoms with van der Waals surface area (Å²) in [6.45, 7) is 9.59. The van der Waals surface area contributed by atoms with Crippen LogP contribution in [0.15, 0.2) is 12.1 Å². The standard InChI is InChI=1S/C17H25Cl3N2O3S/c1-16(2,3)10-17(4,5)21-15(23)9-22(26(6,24)25)14-8-12(19)11(18)7-13(14)20/h7-8H,9-10H2,1-6H3,(H,21,23). The first-order valence-corrected chi connectivity index (χ1v) is 10.9. The maximum absolute atomic E-state index is 12.5. The maximum atomic E-state index is 12.5. The van der Waals surface area contributed by atoms with Gasteiger partial charge in [-0.25, -0.2) is 8.42 Å². The summed E-state index contributed by atoms with van der Waals surface area (Å²) in [4.78, 5) is 12.5. The predicted octanol–water partition coefficient (Wildman–Crippen LogP) is 4.74. The Bertz CT molecular complexity index is 787. The smallest absolute Gasteiger partial charge is 0.241 e. The van der Waals surface area contributed by atoms with Crippen LogP contribution < -0.4 is 9.62 Å². The molecule has 0 heterocycles. The van der Waals surface area contributed by atoms with Gasteiger partial charge in [-0.05, 0) is 37.8 Å². The summed E-state index contributed by atoms with van der Waals surface area (Å²) in [5.74, 6) is -0.438. The van der Waals surface area contributed by atoms with Crippen molar-refractivity contribution in [3.05, 3.63) is 27.2 Å². The molecular formula is C17H25Cl3N2O3S. The number of nitrogens with one attached hydrogen (secondary N) is 1. The molecule has 0 aromatic heterocycles. The molecule has 0 aliphatic carbocycles. The molecule has 1 N–H and O–H groups in total. The van der Waals surface area contributed by atoms with E-state index >= 15 is 0 Å². The summed E-state index contributed by atoms with van der Waals surface area (Å²) in [7, 11) is -3.77. The van der Waals surface area contributed by atoms with Gasteiger partial charge >= 0.3 is 0 Å². The lowest BCUT2D eigenvalue weighted by Crippen LogP contribution is -2.50. The minimum Gasteiger partial charge on any atom is -0.350 e. The van der Waals surface area contributed by atoms with Crippen LogP contribution in [0, 0.1) is 5.41 Å². The average molecular weight is 444 g/mol. The Morgan fingerprint density at radius 3 is 2.00 bits per heavy atom. The van der Waals surface area contributed by atoms with Gasteiger partial charge in [-0.15, -0.1) is 0 Å². The zero-order valence-electron chi connectivity index (χ0n) is 15.8. The molecule has 0 radical (unpaired) electrons. The van der Waals surface area contributed by atoms with Gasteiger partial charge in [-0.2, -0.15) is 0 Å². The van der Waals surface area contributed by atoms with Crippen molar-refractivity contribution in [1.82, 2.24) is 5.32 Å². The molecule has 0 spiro atoms. The van der Waals surface area contributed by atoms with Crippen LogP contribution in [0.4, 0.5) is 5.69 Å². The summed E-state index contributed by atoms with van der Waals surface area (Å²) in [6, 6.07) is 2.68. The highest BCUT2D eigenvalue weighted by Gasteiger charge is 2.30. The third kappa shape index (κ3) is 7.14. The molecule has 0 saturated carbocycles. The number of sulfonamides is 1. The van der Waals surface area contributed by atoms with Gasteiger partial charge in [0.1, 0.15) is 6.54 Å². The second-order valence-electron chi connectivity index (χ2n) is 8.16. The van der Waals surface area contributed by atoms with E-state index in [2.05, 4.69) is 26.1 Å². The number of nitrogens with zero attached hydrogens (tertiary/aromatic N) is 1. The number of benzene rings is 1. The molecule has 26 heavy (non-hydrogen) atoms. The molecular weight excluding hydrogens is 419 g/mol. The largest absolute Gasteiger partial charge is 0.350 e. The van der Waals surface area contributed by atoms with Crippen molar-refractivity contribution in [3.8, 4) is 0 Å². The Morgan fingerprint density at radius 1 is 1.04 bits per heavy atom. The molecule has 0 aliphatic heterocycles. The summed E-state index contributed by atoms with van der Waals surface area (Å²) in [5, 5.41) is 3.32. The summed E-state index contributed by atoms with van der Waals surface area (Å²) < 4.78 is 25.4. The molecule has 1 amide bonds. The Hall–Kier alpha value is -0.690. The lowest BCUT2D eigenvalue weighted by Gasteiger charge is -2.34. The molecule has 0 aliphatic rings. The number of carbonyl (C=O) groups excluding carboxylic acids is 1. The lowest BCUT2D eigenvalue weighted by atomic mass is 9.82. The van der Waals surface area contributed by atoms with Crippen LogP contribution in [0.5, 0.6) is 0 Å². The van der Waals surface area contributed by atoms with Crippen molar-refractivity contribution in [2.24, 2.45) is 5.41 Å². The SMILES string of the molecule is CC(C)(C)CC(C)(C)NC(=O)CN(c1cc(Cl)c(Cl)cc1Cl)S(C)(=O)=O. The van der Waals surface area contributed by atoms with E-state index in [0.29, 0.717) is 0 Å². The summed E-state index contributed by atoms with van der Waals surface area (Å²) >= 11 is 18.0. The highest BCUT2D eigenvalue weighted by molar-refractivity contribution is 7.92. The quantitative estimate of drug-likeness (QED) is 0.645. The molecule has 5 nitrogen and oxygen atoms in total. The molecule has 0 unspecified atom stereocenters. The molecule has 1 rings (SSSR count). The first-order chi connectivity index (χ1) is 11.5. The molecule has 0 saturated heterocycles. The second-order valence-corrected chi connectivity index (χ2v) is 11.3. The van der Waals surface area contributed by atoms with E-state index in [1.54, 1.807) is 0 Å². The lowest BCUT2D eigenvalue weighted by molar-refractivity contribution is -0.121. The highest BCUT2D eigenvalue weighted by Crippen LogP contribution is 2.35. The Kier molecular flexibility index (Phi) is 7.30. The van der Waals surface area contributed by atoms with E-state index in [1.807, 2.05) is 13.8 Å². The van der Waals surface area contributed by atoms with Crippen molar-refractivity contribution in [2.75, 3.05) is 17.1 Å². The minimum absolute atomic E-state index is 0.000310. The van der Waals surface area contributed by atoms with Crippen LogP contribution in [0.3, 0.4) is 0 Å². The van der Waals surface area contributed by atoms with Crippen LogP contribution in [-0.2, 0) is 14.8 Å². The van der Waals surface area contributed by atoms with Crippen LogP contribution in [0.25, 0.3) is 0 Å². The van der Waals surface area contributed by atoms with Crippen molar-refractivity contribution < 1.29 is 13.2 Å². The molecule has 0 fully saturated rings. The monoisotopic (exact) mass is 442 g/mol. The first kappa shape index (κ1) is 23.3. The third-order valence-corrected chi connectivity index (χ3v) is 5.55. The number of anilines is 1. The number of halogens is 3. The first-order valence-electron chi connectivity index (χ1n) is 7.95. The van der Waals surface area contributed by atoms with Crippen molar-refractivity contribution in [3.63, 3.8) is 0 Å². The molecule has 148 valence electrons. The number of hydrogen-bond acceptors (Lipinski definition) is 3. The Balaban J connectivity index is 3.11. The molecule has 1 aromatic carbocycles. The molecule has 1 aromatic rings. The van der Waals surface area contributed by atoms with E-state index in [9.17, 15) is 13.2 Å². The van der Waals surface area contributed by atoms with Gasteiger partial charge in [0.05, 0.1) is 27.0 Å². The predicted molar refractivity (Wildman–Crippen MR) is 110 cm³/mol. The van der Waals surface area contributed by atoms with Gasteiger partial charge in [0.25, 0.3) is 0 Å². The van der Waals surface area contributed by atoms with Crippen LogP contribution >= 0.6 is 34.8 Å². The molecule has 0 bridgehead atoms. The van der Waals surface area contributed by atoms with Crippen molar-refractivity contribution in [2.45, 2.75) is 46.6 Å². The highest BCUT2D eigenvalue weighted by atomic mass is 35.5. The average Bonchev–Trinajstić information content (AvgIpc) is 2.35. The molecule has 0 atom stereocenters. The van der Waals surface area contributed by atoms with Gasteiger partial charge < -0.3 is 5.32 Å². The Morgan fingerprint density at radius 2 is 1.54 bits per heavy atom. The number of hydrogen-bond donors (Lipinski definition) is 1. The van der Waals surface area contributed by atoms with E-state index < -0.39 is 28.0 Å². The van der Waals surface area contributed by atoms with Gasteiger partial charge in [0, 0.05) is 5.54 Å². The zero-order valence-corrected chi connectivity index (χ0v) is 18.9. The number of carbonyl (C=O) groups is 1. The number of amides is 1. The van der Waals surface area contributed by atoms with Gasteiger partial charge in [-0.3, -0.25) is 9.10 Å². The third-order valence-electron chi connectivity index (χ3n) is 3.40. The van der Waals surface area contributed by atoms with E-state index in [-0.39, 0.29) is 26.2 Å². The van der Waals surface area contributed by atoms with Crippen molar-refractivity contribution in [1.29, 1.82) is 0 Å². The van der Waals surface area contributed by atoms with Crippen LogP contribution in [0.1, 0.15) is 41.0 Å². The normalized spacial score (nSPS) is 12.8. The zero-order chi connectivity index (χ0) is 20.5. The van der Waals surface area contributed by atoms with Crippen LogP contribution in [0.2, 0.25) is 15.1 Å². The second kappa shape index (κ2) is 8.13. The van der Waals surface area contributed by atoms with E-state index in [0.717, 1.165) is 17.0 Å². The fourth-order valence-electron chi connectivity index (χ4n) is 3.00. The van der Waals surface area contributed by atoms with Gasteiger partial charge in [0.15, 0.2) is 0 Å². The number of rotatable bonds is 6. The topological polar surface area (TPSA) is 66.5 Å². The van der Waals surface area contributed by atoms with Gasteiger partial charge in [-0.1, -0.05) is 55.6 Å². The Labute approximate surface area is 171 Å². The summed E-state index contributed by atoms with van der Waals surface area (Å²) in [5.41, 5.74) is -0.396. The fourth-order valence-corrected chi connectivity index (χ4v) is 4.55. The van der Waals surface area contributed by atoms with Gasteiger partial charge in [0.2, 0.25) is 15.9 Å². The summed E-state index contributed by atoms with van der Waals surface area (Å²) in [6.07, 6.45) is 1.72. The van der Waals surface area contributed by atoms with Crippen molar-refractivity contribution >= 4 is 56.4 Å². The van der Waals surface area contributed by atoms with E-state index in [1.165, 1.54) is 12.1 Å². The molecule has 9 heteroatoms. The van der Waals surface area contributed by atoms with Crippen LogP contribution in [-0.4, -0.2) is 32.7 Å². The van der Waals surface area contributed by atoms with E-state index in [4.69, 9.17) is 34.8 Å². The fraction of sp³-hybridized carbons (Fsp3) is 0.588. The maximum Gasteiger partial charge on any atom is 0.241 e. The minimum atomic E-state index is -3.77.